The van der Waals surface area contributed by atoms with Gasteiger partial charge in [-0.15, -0.1) is 0 Å². The normalized spacial score (nSPS) is 23.7. The van der Waals surface area contributed by atoms with Crippen molar-refractivity contribution in [2.75, 3.05) is 19.0 Å². The number of aromatic nitrogens is 1. The van der Waals surface area contributed by atoms with Crippen molar-refractivity contribution in [3.05, 3.63) is 107 Å². The highest BCUT2D eigenvalue weighted by atomic mass is 35.5. The number of halogens is 3. The number of hydrogen-bond acceptors (Lipinski definition) is 10. The van der Waals surface area contributed by atoms with E-state index < -0.39 is 74.5 Å². The van der Waals surface area contributed by atoms with Crippen LogP contribution in [0.4, 0.5) is 15.9 Å². The summed E-state index contributed by atoms with van der Waals surface area (Å²) in [6.45, 7) is 0.125. The molecule has 0 radical (unpaired) electrons. The summed E-state index contributed by atoms with van der Waals surface area (Å²) in [5.74, 6) is -4.87. The van der Waals surface area contributed by atoms with Crippen LogP contribution in [0.15, 0.2) is 48.5 Å². The van der Waals surface area contributed by atoms with Crippen LogP contribution >= 0.6 is 23.2 Å². The first kappa shape index (κ1) is 31.5. The number of nitro benzene ring substituents is 1. The zero-order valence-corrected chi connectivity index (χ0v) is 25.5. The Morgan fingerprint density at radius 1 is 1.15 bits per heavy atom. The molecule has 3 aromatic rings. The average Bonchev–Trinajstić information content (AvgIpc) is 3.74. The second-order valence-electron chi connectivity index (χ2n) is 11.4. The quantitative estimate of drug-likeness (QED) is 0.105. The Bertz CT molecular complexity index is 1840. The zero-order valence-electron chi connectivity index (χ0n) is 23.9. The van der Waals surface area contributed by atoms with Gasteiger partial charge in [0.1, 0.15) is 22.3 Å². The van der Waals surface area contributed by atoms with E-state index in [1.165, 1.54) is 36.4 Å². The molecule has 3 aliphatic rings. The molecule has 1 amide bonds. The van der Waals surface area contributed by atoms with Gasteiger partial charge in [0.05, 0.1) is 40.1 Å². The van der Waals surface area contributed by atoms with Gasteiger partial charge in [0, 0.05) is 35.1 Å². The number of amides is 1. The third kappa shape index (κ3) is 4.96. The molecule has 3 heterocycles. The Hall–Kier alpha value is -4.53. The smallest absolute Gasteiger partial charge is 0.338 e. The van der Waals surface area contributed by atoms with Crippen molar-refractivity contribution in [2.24, 2.45) is 5.92 Å². The van der Waals surface area contributed by atoms with Crippen LogP contribution in [-0.4, -0.2) is 63.1 Å². The highest BCUT2D eigenvalue weighted by Crippen LogP contribution is 2.59. The van der Waals surface area contributed by atoms with Gasteiger partial charge in [0.25, 0.3) is 11.6 Å². The van der Waals surface area contributed by atoms with E-state index in [9.17, 15) is 34.6 Å². The van der Waals surface area contributed by atoms with Gasteiger partial charge >= 0.3 is 5.97 Å². The summed E-state index contributed by atoms with van der Waals surface area (Å²) < 4.78 is 20.5. The van der Waals surface area contributed by atoms with E-state index in [-0.39, 0.29) is 45.1 Å². The zero-order chi connectivity index (χ0) is 33.1. The number of ether oxygens (including phenoxy) is 1. The Kier molecular flexibility index (Phi) is 7.99. The maximum Gasteiger partial charge on any atom is 0.338 e. The minimum absolute atomic E-state index is 0.00984. The second-order valence-corrected chi connectivity index (χ2v) is 12.2. The summed E-state index contributed by atoms with van der Waals surface area (Å²) in [6, 6.07) is 6.94. The largest absolute Gasteiger partial charge is 0.465 e. The number of ketones is 1. The molecule has 4 atom stereocenters. The summed E-state index contributed by atoms with van der Waals surface area (Å²) in [5, 5.41) is 27.5. The number of anilines is 1. The van der Waals surface area contributed by atoms with E-state index in [0.717, 1.165) is 32.1 Å². The number of benzene rings is 2. The number of fused-ring (bicyclic) bond motifs is 2. The first-order valence-corrected chi connectivity index (χ1v) is 14.9. The molecule has 1 saturated heterocycles. The number of Topliss-reactive ketones (excluding diaryl/α,β-unsaturated/α-hetero) is 1. The Labute approximate surface area is 269 Å². The molecule has 1 aliphatic carbocycles. The molecule has 0 bridgehead atoms. The van der Waals surface area contributed by atoms with Gasteiger partial charge in [0.15, 0.2) is 5.78 Å². The molecule has 2 fully saturated rings. The lowest BCUT2D eigenvalue weighted by atomic mass is 9.73. The number of rotatable bonds is 9. The third-order valence-corrected chi connectivity index (χ3v) is 9.41. The molecule has 1 N–H and O–H groups in total. The van der Waals surface area contributed by atoms with Gasteiger partial charge in [-0.3, -0.25) is 34.7 Å². The number of carbonyl (C=O) groups is 3. The first-order chi connectivity index (χ1) is 21.9. The molecule has 238 valence electrons. The van der Waals surface area contributed by atoms with Gasteiger partial charge < -0.3 is 10.1 Å². The number of pyridine rings is 1. The summed E-state index contributed by atoms with van der Waals surface area (Å²) in [6.07, 6.45) is 0.849. The minimum Gasteiger partial charge on any atom is -0.465 e. The van der Waals surface area contributed by atoms with Crippen LogP contribution in [0.25, 0.3) is 0 Å². The lowest BCUT2D eigenvalue weighted by molar-refractivity contribution is -0.528. The molecule has 1 saturated carbocycles. The molecule has 1 unspecified atom stereocenters. The molecule has 13 nitrogen and oxygen atoms in total. The highest BCUT2D eigenvalue weighted by Gasteiger charge is 2.72. The highest BCUT2D eigenvalue weighted by molar-refractivity contribution is 6.31. The fourth-order valence-corrected chi connectivity index (χ4v) is 7.16. The van der Waals surface area contributed by atoms with Crippen LogP contribution in [0.3, 0.4) is 0 Å². The van der Waals surface area contributed by atoms with Crippen LogP contribution in [0.2, 0.25) is 10.2 Å². The molecule has 46 heavy (non-hydrogen) atoms. The predicted molar refractivity (Wildman–Crippen MR) is 161 cm³/mol. The van der Waals surface area contributed by atoms with Crippen LogP contribution in [0.1, 0.15) is 57.0 Å². The third-order valence-electron chi connectivity index (χ3n) is 8.91. The number of carbonyl (C=O) groups excluding carboxylic acids is 3. The van der Waals surface area contributed by atoms with Crippen molar-refractivity contribution >= 4 is 52.4 Å². The number of nitro groups is 2. The topological polar surface area (TPSA) is 175 Å². The number of esters is 1. The molecular formula is C30H24Cl2FN5O8. The van der Waals surface area contributed by atoms with E-state index in [2.05, 4.69) is 15.0 Å². The number of nitrogens with zero attached hydrogens (tertiary/aromatic N) is 4. The Balaban J connectivity index is 1.56. The van der Waals surface area contributed by atoms with E-state index in [1.54, 1.807) is 4.90 Å². The number of nitrogens with one attached hydrogen (secondary N) is 1. The van der Waals surface area contributed by atoms with E-state index in [0.29, 0.717) is 0 Å². The minimum atomic E-state index is -1.93. The number of hydrogen-bond donors (Lipinski definition) is 1. The van der Waals surface area contributed by atoms with Crippen molar-refractivity contribution in [2.45, 2.75) is 42.8 Å². The number of methoxy groups -OCH3 is 1. The predicted octanol–water partition coefficient (Wildman–Crippen LogP) is 5.17. The molecular weight excluding hydrogens is 648 g/mol. The van der Waals surface area contributed by atoms with Gasteiger partial charge in [-0.05, 0) is 49.1 Å². The SMILES string of the molecule is COC(=O)c1ccc(C(=O)C[C@H]2C([N+](=O)[O-])[C@H](c3cccc(Cl)c3F)[C@]3(C(=O)Nc4nc(Cl)ccc43)N2CC2CC2)c([N+](=O)[O-])c1. The van der Waals surface area contributed by atoms with Crippen LogP contribution in [0.5, 0.6) is 0 Å². The van der Waals surface area contributed by atoms with E-state index in [1.807, 2.05) is 0 Å². The van der Waals surface area contributed by atoms with Crippen molar-refractivity contribution in [1.29, 1.82) is 0 Å². The van der Waals surface area contributed by atoms with Gasteiger partial charge in [0.2, 0.25) is 6.04 Å². The monoisotopic (exact) mass is 671 g/mol. The molecule has 16 heteroatoms. The second kappa shape index (κ2) is 11.7. The maximum absolute atomic E-state index is 15.9. The average molecular weight is 672 g/mol. The van der Waals surface area contributed by atoms with Crippen molar-refractivity contribution < 1.29 is 33.4 Å². The van der Waals surface area contributed by atoms with Gasteiger partial charge in [-0.1, -0.05) is 35.3 Å². The van der Waals surface area contributed by atoms with Crippen molar-refractivity contribution in [1.82, 2.24) is 9.88 Å². The van der Waals surface area contributed by atoms with Crippen LogP contribution < -0.4 is 5.32 Å². The first-order valence-electron chi connectivity index (χ1n) is 14.1. The summed E-state index contributed by atoms with van der Waals surface area (Å²) in [7, 11) is 1.09. The van der Waals surface area contributed by atoms with E-state index in [4.69, 9.17) is 23.2 Å². The molecule has 1 spiro atoms. The summed E-state index contributed by atoms with van der Waals surface area (Å²) in [4.78, 5) is 69.6. The fraction of sp³-hybridized carbons (Fsp3) is 0.333. The molecule has 6 rings (SSSR count). The molecule has 1 aromatic heterocycles. The van der Waals surface area contributed by atoms with Crippen LogP contribution in [-0.2, 0) is 15.1 Å². The van der Waals surface area contributed by atoms with Crippen molar-refractivity contribution in [3.8, 4) is 0 Å². The summed E-state index contributed by atoms with van der Waals surface area (Å²) in [5.41, 5.74) is -3.20. The molecule has 2 aromatic carbocycles. The fourth-order valence-electron chi connectivity index (χ4n) is 6.84. The lowest BCUT2D eigenvalue weighted by Gasteiger charge is -2.38. The number of likely N-dealkylation sites (tertiary alicyclic amines) is 1. The van der Waals surface area contributed by atoms with Gasteiger partial charge in [-0.25, -0.2) is 14.2 Å². The standard InChI is InChI=1S/C30H24Cl2FN5O8/c1-46-28(40)15-7-8-16(20(11-15)37(42)43)22(39)12-21-26(38(44)45)24(17-3-2-4-19(31)25(17)33)30(36(21)13-14-5-6-14)18-9-10-23(32)34-27(18)35-29(30)41/h2-4,7-11,14,21,24,26H,5-6,12-13H2,1H3,(H,34,35,41)/t21-,24-,26?,30+/m0/s1. The maximum atomic E-state index is 15.9. The Morgan fingerprint density at radius 2 is 1.89 bits per heavy atom. The van der Waals surface area contributed by atoms with Crippen molar-refractivity contribution in [3.63, 3.8) is 0 Å². The Morgan fingerprint density at radius 3 is 2.54 bits per heavy atom. The van der Waals surface area contributed by atoms with E-state index >= 15 is 4.39 Å². The van der Waals surface area contributed by atoms with Crippen LogP contribution in [0, 0.1) is 32.0 Å². The molecule has 2 aliphatic heterocycles. The summed E-state index contributed by atoms with van der Waals surface area (Å²) >= 11 is 12.3. The lowest BCUT2D eigenvalue weighted by Crippen LogP contribution is -2.53. The van der Waals surface area contributed by atoms with Gasteiger partial charge in [-0.2, -0.15) is 0 Å².